The molecule has 92 valence electrons. The fourth-order valence-electron chi connectivity index (χ4n) is 1.48. The summed E-state index contributed by atoms with van der Waals surface area (Å²) in [5, 5.41) is 39.6. The molecule has 0 radical (unpaired) electrons. The van der Waals surface area contributed by atoms with Crippen LogP contribution in [0.4, 0.5) is 0 Å². The van der Waals surface area contributed by atoms with Crippen molar-refractivity contribution in [2.75, 3.05) is 6.61 Å². The molecule has 0 aromatic heterocycles. The zero-order valence-electron chi connectivity index (χ0n) is 8.48. The molecule has 1 saturated heterocycles. The number of aliphatic hydroxyl groups is 4. The smallest absolute Gasteiger partial charge is 0.243 e. The molecule has 1 unspecified atom stereocenters. The molecule has 7 heteroatoms. The third-order valence-electron chi connectivity index (χ3n) is 2.39. The molecular weight excluding hydrogens is 218 g/mol. The van der Waals surface area contributed by atoms with Crippen molar-refractivity contribution in [1.29, 1.82) is 0 Å². The quantitative estimate of drug-likeness (QED) is 0.333. The van der Waals surface area contributed by atoms with Gasteiger partial charge in [-0.3, -0.25) is 4.79 Å². The molecule has 0 aliphatic carbocycles. The van der Waals surface area contributed by atoms with E-state index >= 15 is 0 Å². The summed E-state index contributed by atoms with van der Waals surface area (Å²) in [6.45, 7) is 2.66. The van der Waals surface area contributed by atoms with Gasteiger partial charge in [0, 0.05) is 0 Å². The maximum atomic E-state index is 11.0. The first kappa shape index (κ1) is 13.1. The van der Waals surface area contributed by atoms with Gasteiger partial charge in [-0.05, 0) is 6.08 Å². The molecule has 0 spiro atoms. The SMILES string of the molecule is C=CC(=O)N[C@H]1C(O)O[C@H](CO)[C@H](O)[C@@H]1O. The van der Waals surface area contributed by atoms with Crippen LogP contribution < -0.4 is 5.32 Å². The topological polar surface area (TPSA) is 119 Å². The van der Waals surface area contributed by atoms with E-state index in [1.54, 1.807) is 0 Å². The van der Waals surface area contributed by atoms with Crippen LogP contribution in [0.3, 0.4) is 0 Å². The minimum Gasteiger partial charge on any atom is -0.394 e. The van der Waals surface area contributed by atoms with Crippen LogP contribution in [0.5, 0.6) is 0 Å². The highest BCUT2D eigenvalue weighted by atomic mass is 16.6. The van der Waals surface area contributed by atoms with Crippen LogP contribution in [0.1, 0.15) is 0 Å². The first-order valence-corrected chi connectivity index (χ1v) is 4.74. The molecule has 16 heavy (non-hydrogen) atoms. The Morgan fingerprint density at radius 3 is 2.50 bits per heavy atom. The molecular formula is C9H15NO6. The first-order chi connectivity index (χ1) is 7.51. The Morgan fingerprint density at radius 1 is 1.38 bits per heavy atom. The van der Waals surface area contributed by atoms with Gasteiger partial charge in [-0.1, -0.05) is 6.58 Å². The van der Waals surface area contributed by atoms with Gasteiger partial charge in [-0.2, -0.15) is 0 Å². The summed E-state index contributed by atoms with van der Waals surface area (Å²) in [4.78, 5) is 11.0. The van der Waals surface area contributed by atoms with Gasteiger partial charge in [0.15, 0.2) is 6.29 Å². The van der Waals surface area contributed by atoms with E-state index in [0.717, 1.165) is 6.08 Å². The lowest BCUT2D eigenvalue weighted by Gasteiger charge is -2.40. The van der Waals surface area contributed by atoms with Gasteiger partial charge in [-0.15, -0.1) is 0 Å². The van der Waals surface area contributed by atoms with E-state index in [0.29, 0.717) is 0 Å². The largest absolute Gasteiger partial charge is 0.394 e. The molecule has 1 amide bonds. The molecule has 1 aliphatic heterocycles. The second kappa shape index (κ2) is 5.37. The minimum absolute atomic E-state index is 0.544. The van der Waals surface area contributed by atoms with Crippen molar-refractivity contribution >= 4 is 5.91 Å². The first-order valence-electron chi connectivity index (χ1n) is 4.74. The Morgan fingerprint density at radius 2 is 2.00 bits per heavy atom. The van der Waals surface area contributed by atoms with E-state index in [1.165, 1.54) is 0 Å². The van der Waals surface area contributed by atoms with Crippen LogP contribution in [0.25, 0.3) is 0 Å². The van der Waals surface area contributed by atoms with E-state index in [4.69, 9.17) is 9.84 Å². The summed E-state index contributed by atoms with van der Waals surface area (Å²) < 4.78 is 4.82. The predicted molar refractivity (Wildman–Crippen MR) is 52.1 cm³/mol. The van der Waals surface area contributed by atoms with Crippen LogP contribution in [0.15, 0.2) is 12.7 Å². The predicted octanol–water partition coefficient (Wildman–Crippen LogP) is -2.91. The van der Waals surface area contributed by atoms with Crippen molar-refractivity contribution in [2.24, 2.45) is 0 Å². The Kier molecular flexibility index (Phi) is 4.39. The number of rotatable bonds is 3. The molecule has 1 aliphatic rings. The van der Waals surface area contributed by atoms with Crippen molar-refractivity contribution in [3.63, 3.8) is 0 Å². The van der Waals surface area contributed by atoms with Crippen molar-refractivity contribution in [3.8, 4) is 0 Å². The second-order valence-electron chi connectivity index (χ2n) is 3.47. The fraction of sp³-hybridized carbons (Fsp3) is 0.667. The molecule has 1 rings (SSSR count). The van der Waals surface area contributed by atoms with Crippen molar-refractivity contribution in [3.05, 3.63) is 12.7 Å². The summed E-state index contributed by atoms with van der Waals surface area (Å²) in [7, 11) is 0. The zero-order chi connectivity index (χ0) is 12.3. The van der Waals surface area contributed by atoms with Crippen LogP contribution in [-0.2, 0) is 9.53 Å². The van der Waals surface area contributed by atoms with E-state index in [-0.39, 0.29) is 0 Å². The van der Waals surface area contributed by atoms with Gasteiger partial charge in [0.2, 0.25) is 5.91 Å². The maximum Gasteiger partial charge on any atom is 0.243 e. The van der Waals surface area contributed by atoms with E-state index in [9.17, 15) is 20.1 Å². The molecule has 0 saturated carbocycles. The second-order valence-corrected chi connectivity index (χ2v) is 3.47. The number of nitrogens with one attached hydrogen (secondary N) is 1. The Labute approximate surface area is 92.0 Å². The number of amides is 1. The molecule has 5 N–H and O–H groups in total. The van der Waals surface area contributed by atoms with Gasteiger partial charge < -0.3 is 30.5 Å². The van der Waals surface area contributed by atoms with E-state index < -0.39 is 43.2 Å². The van der Waals surface area contributed by atoms with Gasteiger partial charge in [0.1, 0.15) is 24.4 Å². The zero-order valence-corrected chi connectivity index (χ0v) is 8.48. The summed E-state index contributed by atoms with van der Waals surface area (Å²) in [6, 6.07) is -1.16. The Bertz CT molecular complexity index is 271. The highest BCUT2D eigenvalue weighted by Gasteiger charge is 2.43. The number of aliphatic hydroxyl groups excluding tert-OH is 4. The molecule has 0 aromatic rings. The van der Waals surface area contributed by atoms with Gasteiger partial charge in [0.05, 0.1) is 6.61 Å². The van der Waals surface area contributed by atoms with Crippen molar-refractivity contribution < 1.29 is 30.0 Å². The standard InChI is InChI=1S/C9H15NO6/c1-2-5(12)10-6-8(14)7(13)4(3-11)16-9(6)15/h2,4,6-9,11,13-15H,1,3H2,(H,10,12)/t4-,6-,7+,8-,9?/m1/s1. The Hall–Kier alpha value is -0.990. The van der Waals surface area contributed by atoms with Crippen LogP contribution >= 0.6 is 0 Å². The average Bonchev–Trinajstić information content (AvgIpc) is 2.28. The third-order valence-corrected chi connectivity index (χ3v) is 2.39. The molecule has 0 bridgehead atoms. The number of ether oxygens (including phenoxy) is 1. The number of carbonyl (C=O) groups excluding carboxylic acids is 1. The maximum absolute atomic E-state index is 11.0. The van der Waals surface area contributed by atoms with Gasteiger partial charge in [-0.25, -0.2) is 0 Å². The van der Waals surface area contributed by atoms with E-state index in [1.807, 2.05) is 0 Å². The lowest BCUT2D eigenvalue weighted by molar-refractivity contribution is -0.253. The lowest BCUT2D eigenvalue weighted by Crippen LogP contribution is -2.64. The molecule has 1 fully saturated rings. The van der Waals surface area contributed by atoms with Crippen LogP contribution in [-0.4, -0.2) is 63.6 Å². The van der Waals surface area contributed by atoms with Crippen LogP contribution in [0.2, 0.25) is 0 Å². The van der Waals surface area contributed by atoms with Crippen molar-refractivity contribution in [2.45, 2.75) is 30.6 Å². The Balaban J connectivity index is 2.71. The van der Waals surface area contributed by atoms with Crippen molar-refractivity contribution in [1.82, 2.24) is 5.32 Å². The highest BCUT2D eigenvalue weighted by Crippen LogP contribution is 2.19. The van der Waals surface area contributed by atoms with E-state index in [2.05, 4.69) is 11.9 Å². The third kappa shape index (κ3) is 2.57. The molecule has 1 heterocycles. The number of carbonyl (C=O) groups is 1. The summed E-state index contributed by atoms with van der Waals surface area (Å²) in [6.07, 6.45) is -4.43. The van der Waals surface area contributed by atoms with Gasteiger partial charge >= 0.3 is 0 Å². The number of hydrogen-bond acceptors (Lipinski definition) is 6. The molecule has 5 atom stereocenters. The summed E-state index contributed by atoms with van der Waals surface area (Å²) >= 11 is 0. The fourth-order valence-corrected chi connectivity index (χ4v) is 1.48. The summed E-state index contributed by atoms with van der Waals surface area (Å²) in [5.74, 6) is -0.610. The molecule has 7 nitrogen and oxygen atoms in total. The summed E-state index contributed by atoms with van der Waals surface area (Å²) in [5.41, 5.74) is 0. The lowest BCUT2D eigenvalue weighted by atomic mass is 9.97. The average molecular weight is 233 g/mol. The minimum atomic E-state index is -1.50. The monoisotopic (exact) mass is 233 g/mol. The van der Waals surface area contributed by atoms with Gasteiger partial charge in [0.25, 0.3) is 0 Å². The molecule has 0 aromatic carbocycles. The highest BCUT2D eigenvalue weighted by molar-refractivity contribution is 5.87. The van der Waals surface area contributed by atoms with Crippen LogP contribution in [0, 0.1) is 0 Å². The normalized spacial score (nSPS) is 39.1. The number of hydrogen-bond donors (Lipinski definition) is 5.